The van der Waals surface area contributed by atoms with Crippen molar-refractivity contribution in [2.45, 2.75) is 26.7 Å². The lowest BCUT2D eigenvalue weighted by molar-refractivity contribution is 0.283. The fourth-order valence-electron chi connectivity index (χ4n) is 2.53. The average Bonchev–Trinajstić information content (AvgIpc) is 2.45. The van der Waals surface area contributed by atoms with E-state index in [9.17, 15) is 4.57 Å². The highest BCUT2D eigenvalue weighted by atomic mass is 31.2. The Morgan fingerprint density at radius 3 is 2.24 bits per heavy atom. The summed E-state index contributed by atoms with van der Waals surface area (Å²) >= 11 is 0. The van der Waals surface area contributed by atoms with E-state index < -0.39 is 7.82 Å². The lowest BCUT2D eigenvalue weighted by Crippen LogP contribution is -1.97. The minimum atomic E-state index is -4.58. The van der Waals surface area contributed by atoms with Gasteiger partial charge in [-0.05, 0) is 35.6 Å². The monoisotopic (exact) mass is 306 g/mol. The fourth-order valence-corrected chi connectivity index (χ4v) is 2.95. The van der Waals surface area contributed by atoms with Crippen LogP contribution in [0.4, 0.5) is 0 Å². The first-order valence-corrected chi connectivity index (χ1v) is 8.44. The molecule has 0 radical (unpaired) electrons. The molecule has 2 rings (SSSR count). The molecule has 0 amide bonds. The molecule has 0 aromatic heterocycles. The zero-order valence-corrected chi connectivity index (χ0v) is 13.0. The van der Waals surface area contributed by atoms with E-state index in [1.165, 1.54) is 11.1 Å². The number of para-hydroxylation sites is 1. The van der Waals surface area contributed by atoms with E-state index in [0.29, 0.717) is 5.56 Å². The van der Waals surface area contributed by atoms with Crippen LogP contribution in [0.15, 0.2) is 42.5 Å². The molecule has 0 aliphatic carbocycles. The van der Waals surface area contributed by atoms with E-state index >= 15 is 0 Å². The van der Waals surface area contributed by atoms with Crippen molar-refractivity contribution in [3.8, 4) is 16.9 Å². The molecule has 0 unspecified atom stereocenters. The second-order valence-electron chi connectivity index (χ2n) is 4.73. The summed E-state index contributed by atoms with van der Waals surface area (Å²) in [5, 5.41) is 0. The minimum absolute atomic E-state index is 0.203. The SMILES string of the molecule is CCc1cccc(-c2ccccc2OP(=O)(O)O)c1CC. The molecule has 0 atom stereocenters. The number of phosphoric acid groups is 1. The summed E-state index contributed by atoms with van der Waals surface area (Å²) in [7, 11) is -4.58. The van der Waals surface area contributed by atoms with E-state index in [1.54, 1.807) is 12.1 Å². The Bertz CT molecular complexity index is 676. The molecule has 2 aromatic rings. The smallest absolute Gasteiger partial charge is 0.404 e. The second-order valence-corrected chi connectivity index (χ2v) is 5.89. The van der Waals surface area contributed by atoms with Crippen LogP contribution < -0.4 is 4.52 Å². The number of aryl methyl sites for hydroxylation is 1. The Kier molecular flexibility index (Phi) is 4.84. The Balaban J connectivity index is 2.60. The predicted molar refractivity (Wildman–Crippen MR) is 83.3 cm³/mol. The van der Waals surface area contributed by atoms with Crippen molar-refractivity contribution in [2.24, 2.45) is 0 Å². The topological polar surface area (TPSA) is 66.8 Å². The number of phosphoric ester groups is 1. The highest BCUT2D eigenvalue weighted by Gasteiger charge is 2.20. The van der Waals surface area contributed by atoms with Gasteiger partial charge in [0.1, 0.15) is 5.75 Å². The Hall–Kier alpha value is -1.61. The quantitative estimate of drug-likeness (QED) is 0.821. The third kappa shape index (κ3) is 3.73. The summed E-state index contributed by atoms with van der Waals surface area (Å²) in [6, 6.07) is 12.9. The number of hydrogen-bond donors (Lipinski definition) is 2. The molecule has 0 saturated carbocycles. The molecule has 0 saturated heterocycles. The number of rotatable bonds is 5. The first-order valence-electron chi connectivity index (χ1n) is 6.91. The van der Waals surface area contributed by atoms with Crippen LogP contribution in [-0.2, 0) is 17.4 Å². The van der Waals surface area contributed by atoms with Gasteiger partial charge >= 0.3 is 7.82 Å². The molecular weight excluding hydrogens is 287 g/mol. The zero-order valence-electron chi connectivity index (χ0n) is 12.1. The molecule has 5 heteroatoms. The van der Waals surface area contributed by atoms with Crippen molar-refractivity contribution in [1.29, 1.82) is 0 Å². The van der Waals surface area contributed by atoms with Gasteiger partial charge in [0, 0.05) is 5.56 Å². The van der Waals surface area contributed by atoms with Gasteiger partial charge in [-0.3, -0.25) is 9.79 Å². The first-order chi connectivity index (χ1) is 9.96. The van der Waals surface area contributed by atoms with Crippen molar-refractivity contribution in [3.63, 3.8) is 0 Å². The average molecular weight is 306 g/mol. The van der Waals surface area contributed by atoms with Crippen LogP contribution in [0.1, 0.15) is 25.0 Å². The molecule has 21 heavy (non-hydrogen) atoms. The summed E-state index contributed by atoms with van der Waals surface area (Å²) in [4.78, 5) is 18.1. The lowest BCUT2D eigenvalue weighted by atomic mass is 9.92. The van der Waals surface area contributed by atoms with Gasteiger partial charge in [-0.15, -0.1) is 0 Å². The molecule has 0 aliphatic rings. The van der Waals surface area contributed by atoms with Gasteiger partial charge < -0.3 is 4.52 Å². The van der Waals surface area contributed by atoms with E-state index in [4.69, 9.17) is 14.3 Å². The van der Waals surface area contributed by atoms with Gasteiger partial charge in [-0.25, -0.2) is 4.57 Å². The van der Waals surface area contributed by atoms with Gasteiger partial charge in [0.25, 0.3) is 0 Å². The zero-order chi connectivity index (χ0) is 15.5. The highest BCUT2D eigenvalue weighted by Crippen LogP contribution is 2.43. The molecule has 0 aliphatic heterocycles. The van der Waals surface area contributed by atoms with E-state index in [-0.39, 0.29) is 5.75 Å². The Morgan fingerprint density at radius 1 is 0.952 bits per heavy atom. The molecule has 0 bridgehead atoms. The van der Waals surface area contributed by atoms with Crippen LogP contribution in [0.2, 0.25) is 0 Å². The molecule has 0 heterocycles. The molecule has 0 spiro atoms. The number of benzene rings is 2. The van der Waals surface area contributed by atoms with E-state index in [2.05, 4.69) is 19.9 Å². The van der Waals surface area contributed by atoms with Gasteiger partial charge in [0.15, 0.2) is 0 Å². The van der Waals surface area contributed by atoms with Crippen molar-refractivity contribution in [2.75, 3.05) is 0 Å². The second kappa shape index (κ2) is 6.44. The largest absolute Gasteiger partial charge is 0.524 e. The van der Waals surface area contributed by atoms with Crippen molar-refractivity contribution in [3.05, 3.63) is 53.6 Å². The summed E-state index contributed by atoms with van der Waals surface area (Å²) in [6.45, 7) is 4.17. The summed E-state index contributed by atoms with van der Waals surface area (Å²) in [5.41, 5.74) is 4.08. The van der Waals surface area contributed by atoms with Crippen LogP contribution in [0.5, 0.6) is 5.75 Å². The predicted octanol–water partition coefficient (Wildman–Crippen LogP) is 3.95. The molecule has 2 N–H and O–H groups in total. The van der Waals surface area contributed by atoms with Crippen molar-refractivity contribution < 1.29 is 18.9 Å². The van der Waals surface area contributed by atoms with Crippen LogP contribution >= 0.6 is 7.82 Å². The van der Waals surface area contributed by atoms with Gasteiger partial charge in [0.05, 0.1) is 0 Å². The van der Waals surface area contributed by atoms with Crippen LogP contribution in [0, 0.1) is 0 Å². The van der Waals surface area contributed by atoms with Crippen LogP contribution in [-0.4, -0.2) is 9.79 Å². The van der Waals surface area contributed by atoms with E-state index in [1.807, 2.05) is 24.3 Å². The minimum Gasteiger partial charge on any atom is -0.404 e. The normalized spacial score (nSPS) is 11.4. The van der Waals surface area contributed by atoms with Crippen LogP contribution in [0.3, 0.4) is 0 Å². The van der Waals surface area contributed by atoms with Gasteiger partial charge in [-0.1, -0.05) is 50.2 Å². The Labute approximate surface area is 124 Å². The highest BCUT2D eigenvalue weighted by molar-refractivity contribution is 7.46. The van der Waals surface area contributed by atoms with Crippen LogP contribution in [0.25, 0.3) is 11.1 Å². The first kappa shape index (κ1) is 15.8. The Morgan fingerprint density at radius 2 is 1.62 bits per heavy atom. The number of hydrogen-bond acceptors (Lipinski definition) is 2. The fraction of sp³-hybridized carbons (Fsp3) is 0.250. The molecular formula is C16H19O4P. The molecule has 0 fully saturated rings. The lowest BCUT2D eigenvalue weighted by Gasteiger charge is -2.16. The maximum absolute atomic E-state index is 11.1. The standard InChI is InChI=1S/C16H19O4P/c1-3-12-8-7-10-14(13(12)4-2)15-9-5-6-11-16(15)20-21(17,18)19/h5-11H,3-4H2,1-2H3,(H2,17,18,19). The molecule has 112 valence electrons. The summed E-state index contributed by atoms with van der Waals surface area (Å²) in [5.74, 6) is 0.203. The van der Waals surface area contributed by atoms with Gasteiger partial charge in [-0.2, -0.15) is 0 Å². The molecule has 4 nitrogen and oxygen atoms in total. The maximum atomic E-state index is 11.1. The maximum Gasteiger partial charge on any atom is 0.524 e. The van der Waals surface area contributed by atoms with Crippen molar-refractivity contribution in [1.82, 2.24) is 0 Å². The van der Waals surface area contributed by atoms with Gasteiger partial charge in [0.2, 0.25) is 0 Å². The molecule has 2 aromatic carbocycles. The van der Waals surface area contributed by atoms with Crippen molar-refractivity contribution >= 4 is 7.82 Å². The summed E-state index contributed by atoms with van der Waals surface area (Å²) in [6.07, 6.45) is 1.77. The van der Waals surface area contributed by atoms with E-state index in [0.717, 1.165) is 18.4 Å². The third-order valence-electron chi connectivity index (χ3n) is 3.40. The third-order valence-corrected chi connectivity index (χ3v) is 3.84. The summed E-state index contributed by atoms with van der Waals surface area (Å²) < 4.78 is 16.0.